The topological polar surface area (TPSA) is 15.3 Å². The minimum Gasteiger partial charge on any atom is -0.352 e. The predicted octanol–water partition coefficient (Wildman–Crippen LogP) is 1.66. The van der Waals surface area contributed by atoms with E-state index in [1.807, 2.05) is 0 Å². The maximum Gasteiger partial charge on any atom is 0.133 e. The van der Waals surface area contributed by atoms with Crippen molar-refractivity contribution in [3.63, 3.8) is 0 Å². The highest BCUT2D eigenvalue weighted by molar-refractivity contribution is 8.10. The van der Waals surface area contributed by atoms with Crippen LogP contribution in [-0.4, -0.2) is 34.4 Å². The summed E-state index contributed by atoms with van der Waals surface area (Å²) < 4.78 is 0.742. The number of hydrogen-bond acceptors (Lipinski definition) is 2. The summed E-state index contributed by atoms with van der Waals surface area (Å²) in [4.78, 5) is 2.24. The summed E-state index contributed by atoms with van der Waals surface area (Å²) in [5, 5.41) is 3.52. The molecule has 1 heterocycles. The van der Waals surface area contributed by atoms with E-state index in [1.54, 1.807) is 0 Å². The number of piperazine rings is 1. The number of hydrogen-bond donors (Lipinski definition) is 2. The normalized spacial score (nSPS) is 29.0. The van der Waals surface area contributed by atoms with Crippen LogP contribution in [-0.2, 0) is 0 Å². The molecule has 1 aliphatic rings. The first-order valence-electron chi connectivity index (χ1n) is 4.92. The van der Waals surface area contributed by atoms with Crippen LogP contribution in [0.1, 0.15) is 26.7 Å². The first-order valence-corrected chi connectivity index (χ1v) is 5.77. The molecular formula is C9H18N2S2. The minimum absolute atomic E-state index is 0.535. The molecule has 0 aliphatic carbocycles. The molecule has 1 saturated heterocycles. The quantitative estimate of drug-likeness (QED) is 0.542. The Morgan fingerprint density at radius 3 is 2.69 bits per heavy atom. The maximum atomic E-state index is 5.12. The van der Waals surface area contributed by atoms with E-state index in [1.165, 1.54) is 0 Å². The predicted molar refractivity (Wildman–Crippen MR) is 64.5 cm³/mol. The molecule has 1 fully saturated rings. The van der Waals surface area contributed by atoms with Crippen molar-refractivity contribution in [3.8, 4) is 0 Å². The molecule has 0 aromatic rings. The molecule has 0 radical (unpaired) electrons. The monoisotopic (exact) mass is 218 g/mol. The summed E-state index contributed by atoms with van der Waals surface area (Å²) in [6.07, 6.45) is 2.29. The molecule has 0 saturated carbocycles. The van der Waals surface area contributed by atoms with E-state index >= 15 is 0 Å². The van der Waals surface area contributed by atoms with Crippen LogP contribution in [0, 0.1) is 0 Å². The van der Waals surface area contributed by atoms with Gasteiger partial charge in [-0.15, -0.1) is 12.6 Å². The minimum atomic E-state index is 0.535. The maximum absolute atomic E-state index is 5.12. The number of thiol groups is 1. The molecule has 2 unspecified atom stereocenters. The highest BCUT2D eigenvalue weighted by atomic mass is 32.1. The van der Waals surface area contributed by atoms with Crippen molar-refractivity contribution in [1.82, 2.24) is 10.2 Å². The smallest absolute Gasteiger partial charge is 0.133 e. The summed E-state index contributed by atoms with van der Waals surface area (Å²) in [6.45, 7) is 6.44. The molecule has 1 aliphatic heterocycles. The number of nitrogens with zero attached hydrogens (tertiary/aromatic N) is 1. The number of thiocarbonyl (C=S) groups is 1. The molecule has 0 aromatic heterocycles. The second-order valence-corrected chi connectivity index (χ2v) is 4.62. The first-order chi connectivity index (χ1) is 6.19. The lowest BCUT2D eigenvalue weighted by Gasteiger charge is -2.40. The van der Waals surface area contributed by atoms with Crippen LogP contribution >= 0.6 is 24.8 Å². The van der Waals surface area contributed by atoms with Crippen LogP contribution < -0.4 is 5.32 Å². The van der Waals surface area contributed by atoms with E-state index in [4.69, 9.17) is 12.2 Å². The zero-order valence-corrected chi connectivity index (χ0v) is 10.00. The third kappa shape index (κ3) is 2.82. The van der Waals surface area contributed by atoms with Crippen molar-refractivity contribution in [1.29, 1.82) is 0 Å². The van der Waals surface area contributed by atoms with Crippen LogP contribution in [0.2, 0.25) is 0 Å². The fraction of sp³-hybridized carbons (Fsp3) is 0.889. The van der Waals surface area contributed by atoms with Gasteiger partial charge in [-0.1, -0.05) is 26.1 Å². The zero-order chi connectivity index (χ0) is 9.84. The van der Waals surface area contributed by atoms with Gasteiger partial charge in [-0.05, 0) is 12.8 Å². The molecule has 0 bridgehead atoms. The van der Waals surface area contributed by atoms with Gasteiger partial charge in [0.25, 0.3) is 0 Å². The second-order valence-electron chi connectivity index (χ2n) is 3.51. The van der Waals surface area contributed by atoms with Crippen molar-refractivity contribution in [2.75, 3.05) is 13.1 Å². The molecule has 0 amide bonds. The van der Waals surface area contributed by atoms with Crippen molar-refractivity contribution >= 4 is 29.2 Å². The van der Waals surface area contributed by atoms with Crippen LogP contribution in [0.4, 0.5) is 0 Å². The molecule has 4 heteroatoms. The molecule has 2 atom stereocenters. The lowest BCUT2D eigenvalue weighted by atomic mass is 10.1. The summed E-state index contributed by atoms with van der Waals surface area (Å²) in [7, 11) is 0. The molecule has 1 N–H and O–H groups in total. The van der Waals surface area contributed by atoms with E-state index in [9.17, 15) is 0 Å². The van der Waals surface area contributed by atoms with E-state index in [0.717, 1.165) is 30.3 Å². The van der Waals surface area contributed by atoms with Crippen LogP contribution in [0.3, 0.4) is 0 Å². The summed E-state index contributed by atoms with van der Waals surface area (Å²) in [5.41, 5.74) is 0. The summed E-state index contributed by atoms with van der Waals surface area (Å²) >= 11 is 9.39. The van der Waals surface area contributed by atoms with Crippen molar-refractivity contribution < 1.29 is 0 Å². The van der Waals surface area contributed by atoms with Gasteiger partial charge in [0, 0.05) is 25.2 Å². The van der Waals surface area contributed by atoms with Crippen molar-refractivity contribution in [2.45, 2.75) is 38.8 Å². The average molecular weight is 218 g/mol. The first kappa shape index (κ1) is 11.3. The molecule has 76 valence electrons. The molecule has 1 rings (SSSR count). The van der Waals surface area contributed by atoms with Gasteiger partial charge in [-0.3, -0.25) is 0 Å². The Labute approximate surface area is 91.5 Å². The summed E-state index contributed by atoms with van der Waals surface area (Å²) in [6, 6.07) is 1.11. The van der Waals surface area contributed by atoms with E-state index < -0.39 is 0 Å². The molecule has 0 spiro atoms. The van der Waals surface area contributed by atoms with Crippen molar-refractivity contribution in [3.05, 3.63) is 0 Å². The van der Waals surface area contributed by atoms with Crippen molar-refractivity contribution in [2.24, 2.45) is 0 Å². The molecule has 0 aromatic carbocycles. The highest BCUT2D eigenvalue weighted by Gasteiger charge is 2.25. The third-order valence-corrected chi connectivity index (χ3v) is 3.20. The Bertz CT molecular complexity index is 184. The van der Waals surface area contributed by atoms with Gasteiger partial charge in [0.1, 0.15) is 4.32 Å². The lowest BCUT2D eigenvalue weighted by molar-refractivity contribution is 0.212. The number of rotatable bonds is 2. The van der Waals surface area contributed by atoms with Crippen LogP contribution in [0.15, 0.2) is 0 Å². The van der Waals surface area contributed by atoms with Gasteiger partial charge < -0.3 is 10.2 Å². The number of nitrogens with one attached hydrogen (secondary N) is 1. The Morgan fingerprint density at radius 2 is 2.23 bits per heavy atom. The zero-order valence-electron chi connectivity index (χ0n) is 8.29. The van der Waals surface area contributed by atoms with Crippen LogP contribution in [0.5, 0.6) is 0 Å². The Hall–Kier alpha value is 0.200. The van der Waals surface area contributed by atoms with E-state index in [-0.39, 0.29) is 0 Å². The third-order valence-electron chi connectivity index (χ3n) is 2.71. The van der Waals surface area contributed by atoms with Gasteiger partial charge in [-0.2, -0.15) is 0 Å². The second kappa shape index (κ2) is 5.17. The Morgan fingerprint density at radius 1 is 1.54 bits per heavy atom. The highest BCUT2D eigenvalue weighted by Crippen LogP contribution is 2.14. The fourth-order valence-corrected chi connectivity index (χ4v) is 2.20. The lowest BCUT2D eigenvalue weighted by Crippen LogP contribution is -2.56. The van der Waals surface area contributed by atoms with E-state index in [0.29, 0.717) is 12.1 Å². The van der Waals surface area contributed by atoms with Gasteiger partial charge in [0.2, 0.25) is 0 Å². The fourth-order valence-electron chi connectivity index (χ4n) is 1.74. The van der Waals surface area contributed by atoms with Gasteiger partial charge in [0.05, 0.1) is 0 Å². The van der Waals surface area contributed by atoms with Gasteiger partial charge in [0.15, 0.2) is 0 Å². The molecule has 13 heavy (non-hydrogen) atoms. The Balaban J connectivity index is 2.57. The van der Waals surface area contributed by atoms with Gasteiger partial charge in [-0.25, -0.2) is 0 Å². The van der Waals surface area contributed by atoms with E-state index in [2.05, 4.69) is 36.7 Å². The SMILES string of the molecule is CCC1CN(C(=S)S)C(CC)CN1. The van der Waals surface area contributed by atoms with Crippen LogP contribution in [0.25, 0.3) is 0 Å². The van der Waals surface area contributed by atoms with Gasteiger partial charge >= 0.3 is 0 Å². The Kier molecular flexibility index (Phi) is 4.49. The standard InChI is InChI=1S/C9H18N2S2/c1-3-7-6-11(9(12)13)8(4-2)5-10-7/h7-8,10H,3-6H2,1-2H3,(H,12,13). The average Bonchev–Trinajstić information content (AvgIpc) is 2.16. The summed E-state index contributed by atoms with van der Waals surface area (Å²) in [5.74, 6) is 0. The molecule has 2 nitrogen and oxygen atoms in total. The largest absolute Gasteiger partial charge is 0.352 e. The molecular weight excluding hydrogens is 200 g/mol.